The summed E-state index contributed by atoms with van der Waals surface area (Å²) in [6.07, 6.45) is 0. The number of rotatable bonds is 3. The summed E-state index contributed by atoms with van der Waals surface area (Å²) < 4.78 is 7.06. The number of benzene rings is 5. The monoisotopic (exact) mass is 587 g/mol. The standard InChI is InChI=1S/C40H37N5/c1-39(2,3)37-41-31-16-10-12-18-35(31)44(37)27-20-22-33-29(24-27)30-25-28(21-23-34(30)43(33)26-14-8-7-9-15-26)45-36-19-13-11-17-32(36)42-38(45)40(4,5)6/h7-25H,1-6H3. The van der Waals surface area contributed by atoms with Crippen molar-refractivity contribution >= 4 is 43.9 Å². The molecule has 222 valence electrons. The Morgan fingerprint density at radius 2 is 0.822 bits per heavy atom. The maximum Gasteiger partial charge on any atom is 0.119 e. The minimum absolute atomic E-state index is 0.134. The van der Waals surface area contributed by atoms with Gasteiger partial charge in [-0.15, -0.1) is 0 Å². The van der Waals surface area contributed by atoms with Gasteiger partial charge in [0.25, 0.3) is 0 Å². The van der Waals surface area contributed by atoms with Gasteiger partial charge in [-0.05, 0) is 72.8 Å². The average Bonchev–Trinajstić information content (AvgIpc) is 3.71. The van der Waals surface area contributed by atoms with Crippen LogP contribution in [0.15, 0.2) is 115 Å². The van der Waals surface area contributed by atoms with Crippen molar-refractivity contribution in [3.63, 3.8) is 0 Å². The minimum atomic E-state index is -0.134. The first-order valence-electron chi connectivity index (χ1n) is 15.7. The zero-order valence-corrected chi connectivity index (χ0v) is 26.7. The van der Waals surface area contributed by atoms with Gasteiger partial charge in [-0.25, -0.2) is 9.97 Å². The van der Waals surface area contributed by atoms with Crippen LogP contribution in [0.3, 0.4) is 0 Å². The van der Waals surface area contributed by atoms with Crippen LogP contribution in [-0.2, 0) is 10.8 Å². The summed E-state index contributed by atoms with van der Waals surface area (Å²) in [6.45, 7) is 13.4. The van der Waals surface area contributed by atoms with Crippen LogP contribution < -0.4 is 0 Å². The van der Waals surface area contributed by atoms with E-state index in [4.69, 9.17) is 9.97 Å². The highest BCUT2D eigenvalue weighted by Crippen LogP contribution is 2.38. The molecular formula is C40H37N5. The molecule has 0 spiro atoms. The van der Waals surface area contributed by atoms with Crippen LogP contribution in [0.25, 0.3) is 60.9 Å². The molecule has 3 aromatic heterocycles. The fourth-order valence-electron chi connectivity index (χ4n) is 6.71. The molecule has 0 aliphatic carbocycles. The highest BCUT2D eigenvalue weighted by Gasteiger charge is 2.26. The number of hydrogen-bond acceptors (Lipinski definition) is 2. The predicted molar refractivity (Wildman–Crippen MR) is 187 cm³/mol. The highest BCUT2D eigenvalue weighted by molar-refractivity contribution is 6.10. The van der Waals surface area contributed by atoms with Crippen molar-refractivity contribution in [1.82, 2.24) is 23.7 Å². The summed E-state index contributed by atoms with van der Waals surface area (Å²) in [4.78, 5) is 10.2. The Morgan fingerprint density at radius 1 is 0.400 bits per heavy atom. The summed E-state index contributed by atoms with van der Waals surface area (Å²) in [5.74, 6) is 2.10. The summed E-state index contributed by atoms with van der Waals surface area (Å²) in [5, 5.41) is 2.40. The van der Waals surface area contributed by atoms with Gasteiger partial charge in [0.1, 0.15) is 11.6 Å². The largest absolute Gasteiger partial charge is 0.309 e. The molecule has 0 amide bonds. The molecule has 0 bridgehead atoms. The lowest BCUT2D eigenvalue weighted by atomic mass is 9.95. The molecule has 0 N–H and O–H groups in total. The molecule has 45 heavy (non-hydrogen) atoms. The van der Waals surface area contributed by atoms with E-state index in [1.807, 2.05) is 0 Å². The van der Waals surface area contributed by atoms with Crippen molar-refractivity contribution in [3.05, 3.63) is 127 Å². The zero-order valence-electron chi connectivity index (χ0n) is 26.7. The predicted octanol–water partition coefficient (Wildman–Crippen LogP) is 10.1. The van der Waals surface area contributed by atoms with E-state index >= 15 is 0 Å². The maximum atomic E-state index is 5.11. The summed E-state index contributed by atoms with van der Waals surface area (Å²) >= 11 is 0. The molecule has 5 aromatic carbocycles. The lowest BCUT2D eigenvalue weighted by Gasteiger charge is -2.20. The van der Waals surface area contributed by atoms with Crippen LogP contribution in [0, 0.1) is 0 Å². The fourth-order valence-corrected chi connectivity index (χ4v) is 6.71. The Hall–Kier alpha value is -5.16. The van der Waals surface area contributed by atoms with E-state index in [-0.39, 0.29) is 10.8 Å². The molecule has 0 saturated carbocycles. The van der Waals surface area contributed by atoms with Gasteiger partial charge in [0, 0.05) is 38.7 Å². The summed E-state index contributed by atoms with van der Waals surface area (Å²) in [6, 6.07) is 41.3. The first-order valence-corrected chi connectivity index (χ1v) is 15.7. The van der Waals surface area contributed by atoms with Gasteiger partial charge < -0.3 is 4.57 Å². The van der Waals surface area contributed by atoms with E-state index in [0.29, 0.717) is 0 Å². The van der Waals surface area contributed by atoms with E-state index in [2.05, 4.69) is 171 Å². The molecule has 5 heteroatoms. The van der Waals surface area contributed by atoms with Gasteiger partial charge in [-0.3, -0.25) is 9.13 Å². The van der Waals surface area contributed by atoms with Crippen molar-refractivity contribution in [2.75, 3.05) is 0 Å². The summed E-state index contributed by atoms with van der Waals surface area (Å²) in [7, 11) is 0. The molecule has 0 atom stereocenters. The molecule has 3 heterocycles. The first kappa shape index (κ1) is 27.4. The van der Waals surface area contributed by atoms with Crippen molar-refractivity contribution in [1.29, 1.82) is 0 Å². The van der Waals surface area contributed by atoms with Gasteiger partial charge in [0.2, 0.25) is 0 Å². The number of hydrogen-bond donors (Lipinski definition) is 0. The van der Waals surface area contributed by atoms with Gasteiger partial charge in [-0.1, -0.05) is 84.0 Å². The smallest absolute Gasteiger partial charge is 0.119 e. The maximum absolute atomic E-state index is 5.11. The Morgan fingerprint density at radius 3 is 1.27 bits per heavy atom. The third-order valence-electron chi connectivity index (χ3n) is 8.73. The SMILES string of the molecule is CC(C)(C)c1nc2ccccc2n1-c1ccc2c(c1)c1cc(-n3c(C(C)(C)C)nc4ccccc43)ccc1n2-c1ccccc1. The van der Waals surface area contributed by atoms with E-state index in [1.54, 1.807) is 0 Å². The third-order valence-corrected chi connectivity index (χ3v) is 8.73. The molecule has 0 unspecified atom stereocenters. The number of imidazole rings is 2. The Kier molecular flexibility index (Phi) is 5.89. The molecule has 0 saturated heterocycles. The minimum Gasteiger partial charge on any atom is -0.309 e. The molecule has 0 aliphatic heterocycles. The van der Waals surface area contributed by atoms with Crippen molar-refractivity contribution in [3.8, 4) is 17.1 Å². The number of fused-ring (bicyclic) bond motifs is 5. The highest BCUT2D eigenvalue weighted by atomic mass is 15.1. The van der Waals surface area contributed by atoms with Crippen LogP contribution in [-0.4, -0.2) is 23.7 Å². The van der Waals surface area contributed by atoms with Crippen LogP contribution in [0.1, 0.15) is 53.2 Å². The Balaban J connectivity index is 1.46. The molecule has 5 nitrogen and oxygen atoms in total. The molecular weight excluding hydrogens is 550 g/mol. The third kappa shape index (κ3) is 4.29. The number of aromatic nitrogens is 5. The zero-order chi connectivity index (χ0) is 31.1. The second-order valence-corrected chi connectivity index (χ2v) is 14.1. The fraction of sp³-hybridized carbons (Fsp3) is 0.200. The quantitative estimate of drug-likeness (QED) is 0.206. The van der Waals surface area contributed by atoms with Crippen LogP contribution >= 0.6 is 0 Å². The van der Waals surface area contributed by atoms with Gasteiger partial charge in [0.15, 0.2) is 0 Å². The molecule has 0 aliphatic rings. The van der Waals surface area contributed by atoms with E-state index in [1.165, 1.54) is 21.8 Å². The molecule has 8 aromatic rings. The molecule has 8 rings (SSSR count). The second-order valence-electron chi connectivity index (χ2n) is 14.1. The molecule has 0 radical (unpaired) electrons. The van der Waals surface area contributed by atoms with E-state index < -0.39 is 0 Å². The van der Waals surface area contributed by atoms with Crippen LogP contribution in [0.2, 0.25) is 0 Å². The van der Waals surface area contributed by atoms with Gasteiger partial charge in [-0.2, -0.15) is 0 Å². The topological polar surface area (TPSA) is 40.6 Å². The second kappa shape index (κ2) is 9.67. The lowest BCUT2D eigenvalue weighted by molar-refractivity contribution is 0.539. The molecule has 0 fully saturated rings. The van der Waals surface area contributed by atoms with Gasteiger partial charge in [0.05, 0.1) is 33.1 Å². The van der Waals surface area contributed by atoms with E-state index in [9.17, 15) is 0 Å². The normalized spacial score (nSPS) is 12.7. The summed E-state index contributed by atoms with van der Waals surface area (Å²) in [5.41, 5.74) is 9.71. The van der Waals surface area contributed by atoms with Gasteiger partial charge >= 0.3 is 0 Å². The average molecular weight is 588 g/mol. The number of nitrogens with zero attached hydrogens (tertiary/aromatic N) is 5. The van der Waals surface area contributed by atoms with E-state index in [0.717, 1.165) is 50.8 Å². The Bertz CT molecular complexity index is 2240. The van der Waals surface area contributed by atoms with Crippen molar-refractivity contribution in [2.24, 2.45) is 0 Å². The van der Waals surface area contributed by atoms with Crippen LogP contribution in [0.5, 0.6) is 0 Å². The Labute approximate surface area is 263 Å². The first-order chi connectivity index (χ1) is 21.6. The van der Waals surface area contributed by atoms with Crippen molar-refractivity contribution in [2.45, 2.75) is 52.4 Å². The van der Waals surface area contributed by atoms with Crippen LogP contribution in [0.4, 0.5) is 0 Å². The van der Waals surface area contributed by atoms with Crippen molar-refractivity contribution < 1.29 is 0 Å². The number of para-hydroxylation sites is 5. The lowest BCUT2D eigenvalue weighted by Crippen LogP contribution is -2.18.